The molecule has 1 aromatic rings. The molecule has 0 atom stereocenters. The van der Waals surface area contributed by atoms with Crippen LogP contribution in [0, 0.1) is 0 Å². The summed E-state index contributed by atoms with van der Waals surface area (Å²) in [6.45, 7) is 3.84. The minimum atomic E-state index is -0.349. The third-order valence-electron chi connectivity index (χ3n) is 2.53. The first kappa shape index (κ1) is 11.6. The van der Waals surface area contributed by atoms with Crippen LogP contribution in [0.3, 0.4) is 0 Å². The number of methoxy groups -OCH3 is 1. The number of aldehydes is 1. The average Bonchev–Trinajstić information content (AvgIpc) is 2.17. The van der Waals surface area contributed by atoms with Crippen molar-refractivity contribution in [2.45, 2.75) is 25.7 Å². The highest BCUT2D eigenvalue weighted by molar-refractivity contribution is 5.55. The van der Waals surface area contributed by atoms with Crippen molar-refractivity contribution in [1.29, 1.82) is 0 Å². The van der Waals surface area contributed by atoms with Gasteiger partial charge in [0.05, 0.1) is 7.11 Å². The molecule has 0 heterocycles. The van der Waals surface area contributed by atoms with Gasteiger partial charge in [0.2, 0.25) is 0 Å². The van der Waals surface area contributed by atoms with E-state index in [-0.39, 0.29) is 11.2 Å². The van der Waals surface area contributed by atoms with Crippen molar-refractivity contribution in [3.63, 3.8) is 0 Å². The van der Waals surface area contributed by atoms with Crippen LogP contribution in [0.1, 0.15) is 25.8 Å². The molecule has 0 fully saturated rings. The van der Waals surface area contributed by atoms with Crippen LogP contribution in [0.2, 0.25) is 0 Å². The molecule has 0 saturated carbocycles. The lowest BCUT2D eigenvalue weighted by molar-refractivity contribution is -0.108. The Hall–Kier alpha value is -1.51. The van der Waals surface area contributed by atoms with Crippen LogP contribution < -0.4 is 4.74 Å². The van der Waals surface area contributed by atoms with Crippen LogP contribution in [0.5, 0.6) is 11.5 Å². The molecule has 1 rings (SSSR count). The maximum atomic E-state index is 10.5. The minimum absolute atomic E-state index is 0.168. The third kappa shape index (κ3) is 2.49. The molecule has 0 aliphatic carbocycles. The summed E-state index contributed by atoms with van der Waals surface area (Å²) >= 11 is 0. The number of hydrogen-bond donors (Lipinski definition) is 1. The molecule has 0 bridgehead atoms. The van der Waals surface area contributed by atoms with Gasteiger partial charge >= 0.3 is 0 Å². The van der Waals surface area contributed by atoms with E-state index in [0.717, 1.165) is 11.8 Å². The second kappa shape index (κ2) is 4.34. The number of hydrogen-bond acceptors (Lipinski definition) is 3. The normalized spacial score (nSPS) is 11.1. The van der Waals surface area contributed by atoms with Gasteiger partial charge in [-0.2, -0.15) is 0 Å². The summed E-state index contributed by atoms with van der Waals surface area (Å²) in [5.74, 6) is 0.777. The molecule has 0 spiro atoms. The Bertz CT molecular complexity index is 356. The number of phenols is 1. The first-order valence-electron chi connectivity index (χ1n) is 4.82. The zero-order valence-corrected chi connectivity index (χ0v) is 9.28. The summed E-state index contributed by atoms with van der Waals surface area (Å²) in [6.07, 6.45) is 1.25. The molecule has 0 saturated heterocycles. The van der Waals surface area contributed by atoms with Crippen molar-refractivity contribution in [2.24, 2.45) is 0 Å². The molecule has 0 amide bonds. The van der Waals surface area contributed by atoms with Gasteiger partial charge in [0.25, 0.3) is 0 Å². The van der Waals surface area contributed by atoms with E-state index in [2.05, 4.69) is 0 Å². The van der Waals surface area contributed by atoms with Crippen molar-refractivity contribution in [3.8, 4) is 11.5 Å². The lowest BCUT2D eigenvalue weighted by Crippen LogP contribution is -2.17. The number of carbonyl (C=O) groups is 1. The Balaban J connectivity index is 3.09. The summed E-state index contributed by atoms with van der Waals surface area (Å²) in [4.78, 5) is 10.5. The first-order chi connectivity index (χ1) is 7.01. The molecule has 0 unspecified atom stereocenters. The van der Waals surface area contributed by atoms with Crippen molar-refractivity contribution >= 4 is 6.29 Å². The fourth-order valence-electron chi connectivity index (χ4n) is 1.53. The summed E-state index contributed by atoms with van der Waals surface area (Å²) in [6, 6.07) is 5.13. The van der Waals surface area contributed by atoms with Crippen LogP contribution in [0.15, 0.2) is 18.2 Å². The van der Waals surface area contributed by atoms with Gasteiger partial charge in [0.15, 0.2) is 0 Å². The summed E-state index contributed by atoms with van der Waals surface area (Å²) in [5.41, 5.74) is 0.411. The second-order valence-electron chi connectivity index (χ2n) is 4.14. The van der Waals surface area contributed by atoms with E-state index in [1.54, 1.807) is 25.3 Å². The average molecular weight is 208 g/mol. The third-order valence-corrected chi connectivity index (χ3v) is 2.53. The molecule has 1 aromatic carbocycles. The Labute approximate surface area is 89.7 Å². The number of carbonyl (C=O) groups excluding carboxylic acids is 1. The number of aromatic hydroxyl groups is 1. The number of phenolic OH excluding ortho intramolecular Hbond substituents is 1. The van der Waals surface area contributed by atoms with E-state index in [1.807, 2.05) is 13.8 Å². The van der Waals surface area contributed by atoms with Crippen LogP contribution in [-0.2, 0) is 10.2 Å². The van der Waals surface area contributed by atoms with Gasteiger partial charge in [-0.15, -0.1) is 0 Å². The molecule has 0 aromatic heterocycles. The fraction of sp³-hybridized carbons (Fsp3) is 0.417. The molecule has 0 aliphatic rings. The number of ether oxygens (including phenoxy) is 1. The Morgan fingerprint density at radius 2 is 2.13 bits per heavy atom. The topological polar surface area (TPSA) is 46.5 Å². The smallest absolute Gasteiger partial charge is 0.123 e. The van der Waals surface area contributed by atoms with Gasteiger partial charge in [-0.05, 0) is 11.5 Å². The van der Waals surface area contributed by atoms with Gasteiger partial charge in [-0.1, -0.05) is 19.9 Å². The summed E-state index contributed by atoms with van der Waals surface area (Å²) in [5, 5.41) is 9.79. The lowest BCUT2D eigenvalue weighted by atomic mass is 9.81. The predicted molar refractivity (Wildman–Crippen MR) is 58.4 cm³/mol. The van der Waals surface area contributed by atoms with Gasteiger partial charge in [-0.25, -0.2) is 0 Å². The highest BCUT2D eigenvalue weighted by Gasteiger charge is 2.23. The quantitative estimate of drug-likeness (QED) is 0.772. The fourth-order valence-corrected chi connectivity index (χ4v) is 1.53. The van der Waals surface area contributed by atoms with Crippen LogP contribution in [0.25, 0.3) is 0 Å². The molecule has 3 nitrogen and oxygen atoms in total. The molecule has 3 heteroatoms. The lowest BCUT2D eigenvalue weighted by Gasteiger charge is -2.23. The van der Waals surface area contributed by atoms with E-state index in [1.165, 1.54) is 0 Å². The van der Waals surface area contributed by atoms with Gasteiger partial charge in [0, 0.05) is 18.1 Å². The summed E-state index contributed by atoms with van der Waals surface area (Å²) in [7, 11) is 1.55. The number of rotatable bonds is 4. The minimum Gasteiger partial charge on any atom is -0.508 e. The highest BCUT2D eigenvalue weighted by atomic mass is 16.5. The number of benzene rings is 1. The van der Waals surface area contributed by atoms with Crippen molar-refractivity contribution < 1.29 is 14.6 Å². The molecular formula is C12H16O3. The van der Waals surface area contributed by atoms with E-state index in [4.69, 9.17) is 4.74 Å². The van der Waals surface area contributed by atoms with Crippen molar-refractivity contribution in [2.75, 3.05) is 7.11 Å². The standard InChI is InChI=1S/C12H16O3/c1-12(2,6-7-13)10-5-4-9(15-3)8-11(10)14/h4-5,7-8,14H,6H2,1-3H3. The van der Waals surface area contributed by atoms with Gasteiger partial charge < -0.3 is 14.6 Å². The molecular weight excluding hydrogens is 192 g/mol. The SMILES string of the molecule is COc1ccc(C(C)(C)CC=O)c(O)c1. The molecule has 1 N–H and O–H groups in total. The van der Waals surface area contributed by atoms with E-state index in [0.29, 0.717) is 12.2 Å². The molecule has 0 aliphatic heterocycles. The van der Waals surface area contributed by atoms with Gasteiger partial charge in [0.1, 0.15) is 17.8 Å². The predicted octanol–water partition coefficient (Wildman–Crippen LogP) is 2.27. The molecule has 0 radical (unpaired) electrons. The van der Waals surface area contributed by atoms with E-state index < -0.39 is 0 Å². The maximum Gasteiger partial charge on any atom is 0.123 e. The van der Waals surface area contributed by atoms with E-state index in [9.17, 15) is 9.90 Å². The van der Waals surface area contributed by atoms with Crippen LogP contribution >= 0.6 is 0 Å². The second-order valence-corrected chi connectivity index (χ2v) is 4.14. The monoisotopic (exact) mass is 208 g/mol. The Kier molecular flexibility index (Phi) is 3.35. The Morgan fingerprint density at radius 1 is 1.47 bits per heavy atom. The highest BCUT2D eigenvalue weighted by Crippen LogP contribution is 2.35. The maximum absolute atomic E-state index is 10.5. The summed E-state index contributed by atoms with van der Waals surface area (Å²) < 4.78 is 4.99. The zero-order valence-electron chi connectivity index (χ0n) is 9.28. The molecule has 82 valence electrons. The van der Waals surface area contributed by atoms with E-state index >= 15 is 0 Å². The van der Waals surface area contributed by atoms with Crippen LogP contribution in [0.4, 0.5) is 0 Å². The van der Waals surface area contributed by atoms with Gasteiger partial charge in [-0.3, -0.25) is 0 Å². The van der Waals surface area contributed by atoms with Crippen molar-refractivity contribution in [1.82, 2.24) is 0 Å². The zero-order chi connectivity index (χ0) is 11.5. The largest absolute Gasteiger partial charge is 0.508 e. The van der Waals surface area contributed by atoms with Crippen LogP contribution in [-0.4, -0.2) is 18.5 Å². The van der Waals surface area contributed by atoms with Crippen molar-refractivity contribution in [3.05, 3.63) is 23.8 Å². The molecule has 15 heavy (non-hydrogen) atoms. The first-order valence-corrected chi connectivity index (χ1v) is 4.82. The Morgan fingerprint density at radius 3 is 2.60 bits per heavy atom.